The number of allylic oxidation sites excluding steroid dienone is 1. The van der Waals surface area contributed by atoms with Crippen LogP contribution in [0.15, 0.2) is 11.6 Å². The summed E-state index contributed by atoms with van der Waals surface area (Å²) in [5.74, 6) is 0.898. The van der Waals surface area contributed by atoms with Crippen molar-refractivity contribution in [3.05, 3.63) is 11.6 Å². The van der Waals surface area contributed by atoms with E-state index in [0.29, 0.717) is 0 Å². The van der Waals surface area contributed by atoms with Crippen LogP contribution in [0.2, 0.25) is 0 Å². The minimum atomic E-state index is 0.898. The van der Waals surface area contributed by atoms with Gasteiger partial charge in [0.15, 0.2) is 0 Å². The molecule has 0 aromatic carbocycles. The number of hydrogen-bond acceptors (Lipinski definition) is 1. The van der Waals surface area contributed by atoms with Crippen LogP contribution in [0.1, 0.15) is 71.6 Å². The van der Waals surface area contributed by atoms with E-state index in [1.54, 1.807) is 5.57 Å². The quantitative estimate of drug-likeness (QED) is 0.453. The third kappa shape index (κ3) is 6.88. The summed E-state index contributed by atoms with van der Waals surface area (Å²) in [6, 6.07) is 0. The summed E-state index contributed by atoms with van der Waals surface area (Å²) in [6.07, 6.45) is 14.7. The topological polar surface area (TPSA) is 12.0 Å². The Bertz CT molecular complexity index is 208. The first kappa shape index (κ1) is 14.8. The molecule has 1 nitrogen and oxygen atoms in total. The Morgan fingerprint density at radius 2 is 2.18 bits per heavy atom. The van der Waals surface area contributed by atoms with Gasteiger partial charge in [-0.15, -0.1) is 0 Å². The molecule has 0 amide bonds. The van der Waals surface area contributed by atoms with E-state index in [-0.39, 0.29) is 0 Å². The summed E-state index contributed by atoms with van der Waals surface area (Å²) in [5.41, 5.74) is 1.70. The Morgan fingerprint density at radius 1 is 1.29 bits per heavy atom. The minimum absolute atomic E-state index is 0.898. The minimum Gasteiger partial charge on any atom is -0.316 e. The maximum absolute atomic E-state index is 3.65. The fraction of sp³-hybridized carbons (Fsp3) is 0.875. The molecule has 1 aliphatic carbocycles. The maximum Gasteiger partial charge on any atom is -0.00115 e. The molecule has 100 valence electrons. The fourth-order valence-electron chi connectivity index (χ4n) is 2.63. The van der Waals surface area contributed by atoms with Gasteiger partial charge in [0.1, 0.15) is 0 Å². The lowest BCUT2D eigenvalue weighted by Crippen LogP contribution is -2.24. The van der Waals surface area contributed by atoms with Crippen molar-refractivity contribution in [1.82, 2.24) is 5.32 Å². The monoisotopic (exact) mass is 237 g/mol. The first-order valence-corrected chi connectivity index (χ1v) is 7.75. The van der Waals surface area contributed by atoms with Crippen molar-refractivity contribution < 1.29 is 0 Å². The second-order valence-electron chi connectivity index (χ2n) is 5.48. The van der Waals surface area contributed by atoms with Crippen LogP contribution >= 0.6 is 0 Å². The van der Waals surface area contributed by atoms with Crippen molar-refractivity contribution >= 4 is 0 Å². The van der Waals surface area contributed by atoms with Crippen molar-refractivity contribution in [2.75, 3.05) is 13.1 Å². The SMILES string of the molecule is CCCCC(CC)CNCCC1=CCCCC1. The lowest BCUT2D eigenvalue weighted by Gasteiger charge is -2.17. The average molecular weight is 237 g/mol. The Labute approximate surface area is 108 Å². The van der Waals surface area contributed by atoms with E-state index < -0.39 is 0 Å². The van der Waals surface area contributed by atoms with Crippen LogP contribution in [-0.2, 0) is 0 Å². The number of unbranched alkanes of at least 4 members (excludes halogenated alkanes) is 1. The third-order valence-corrected chi connectivity index (χ3v) is 3.98. The molecule has 1 unspecified atom stereocenters. The van der Waals surface area contributed by atoms with Gasteiger partial charge in [-0.05, 0) is 57.5 Å². The molecule has 0 spiro atoms. The first-order valence-electron chi connectivity index (χ1n) is 7.75. The highest BCUT2D eigenvalue weighted by molar-refractivity contribution is 5.05. The van der Waals surface area contributed by atoms with Crippen molar-refractivity contribution in [2.24, 2.45) is 5.92 Å². The van der Waals surface area contributed by atoms with Crippen LogP contribution in [0.4, 0.5) is 0 Å². The maximum atomic E-state index is 3.65. The van der Waals surface area contributed by atoms with Gasteiger partial charge in [-0.2, -0.15) is 0 Å². The van der Waals surface area contributed by atoms with Crippen molar-refractivity contribution in [3.8, 4) is 0 Å². The molecule has 1 aliphatic rings. The second-order valence-corrected chi connectivity index (χ2v) is 5.48. The number of nitrogens with one attached hydrogen (secondary N) is 1. The normalized spacial score (nSPS) is 17.9. The van der Waals surface area contributed by atoms with Crippen LogP contribution in [0.5, 0.6) is 0 Å². The van der Waals surface area contributed by atoms with Crippen LogP contribution < -0.4 is 5.32 Å². The largest absolute Gasteiger partial charge is 0.316 e. The molecule has 0 aromatic heterocycles. The average Bonchev–Trinajstić information content (AvgIpc) is 2.39. The van der Waals surface area contributed by atoms with E-state index in [1.165, 1.54) is 70.9 Å². The zero-order valence-electron chi connectivity index (χ0n) is 11.9. The van der Waals surface area contributed by atoms with Gasteiger partial charge in [0.05, 0.1) is 0 Å². The van der Waals surface area contributed by atoms with Gasteiger partial charge in [-0.25, -0.2) is 0 Å². The molecular weight excluding hydrogens is 206 g/mol. The lowest BCUT2D eigenvalue weighted by molar-refractivity contribution is 0.420. The molecule has 0 fully saturated rings. The highest BCUT2D eigenvalue weighted by Crippen LogP contribution is 2.19. The van der Waals surface area contributed by atoms with Gasteiger partial charge >= 0.3 is 0 Å². The molecule has 0 saturated carbocycles. The van der Waals surface area contributed by atoms with E-state index in [0.717, 1.165) is 5.92 Å². The van der Waals surface area contributed by atoms with Crippen molar-refractivity contribution in [2.45, 2.75) is 71.6 Å². The Hall–Kier alpha value is -0.300. The smallest absolute Gasteiger partial charge is 0.00115 e. The molecule has 0 heterocycles. The summed E-state index contributed by atoms with van der Waals surface area (Å²) in [6.45, 7) is 7.03. The molecule has 0 bridgehead atoms. The summed E-state index contributed by atoms with van der Waals surface area (Å²) < 4.78 is 0. The van der Waals surface area contributed by atoms with Gasteiger partial charge in [0.2, 0.25) is 0 Å². The number of hydrogen-bond donors (Lipinski definition) is 1. The standard InChI is InChI=1S/C16H31N/c1-3-5-9-15(4-2)14-17-13-12-16-10-7-6-8-11-16/h10,15,17H,3-9,11-14H2,1-2H3. The molecular formula is C16H31N. The van der Waals surface area contributed by atoms with Gasteiger partial charge < -0.3 is 5.32 Å². The lowest BCUT2D eigenvalue weighted by atomic mass is 9.97. The van der Waals surface area contributed by atoms with E-state index >= 15 is 0 Å². The molecule has 0 saturated heterocycles. The predicted molar refractivity (Wildman–Crippen MR) is 77.3 cm³/mol. The van der Waals surface area contributed by atoms with E-state index in [1.807, 2.05) is 0 Å². The van der Waals surface area contributed by atoms with Crippen LogP contribution in [0, 0.1) is 5.92 Å². The van der Waals surface area contributed by atoms with Crippen molar-refractivity contribution in [3.63, 3.8) is 0 Å². The summed E-state index contributed by atoms with van der Waals surface area (Å²) in [4.78, 5) is 0. The Kier molecular flexibility index (Phi) is 8.42. The number of rotatable bonds is 9. The van der Waals surface area contributed by atoms with Crippen LogP contribution in [-0.4, -0.2) is 13.1 Å². The molecule has 1 heteroatoms. The van der Waals surface area contributed by atoms with E-state index in [4.69, 9.17) is 0 Å². The van der Waals surface area contributed by atoms with Crippen molar-refractivity contribution in [1.29, 1.82) is 0 Å². The molecule has 1 N–H and O–H groups in total. The molecule has 0 aliphatic heterocycles. The van der Waals surface area contributed by atoms with Gasteiger partial charge in [0.25, 0.3) is 0 Å². The Morgan fingerprint density at radius 3 is 2.82 bits per heavy atom. The zero-order chi connectivity index (χ0) is 12.3. The van der Waals surface area contributed by atoms with E-state index in [2.05, 4.69) is 25.2 Å². The second kappa shape index (κ2) is 9.70. The zero-order valence-corrected chi connectivity index (χ0v) is 11.9. The van der Waals surface area contributed by atoms with Gasteiger partial charge in [-0.3, -0.25) is 0 Å². The molecule has 17 heavy (non-hydrogen) atoms. The third-order valence-electron chi connectivity index (χ3n) is 3.98. The van der Waals surface area contributed by atoms with Crippen LogP contribution in [0.3, 0.4) is 0 Å². The Balaban J connectivity index is 2.03. The highest BCUT2D eigenvalue weighted by atomic mass is 14.9. The fourth-order valence-corrected chi connectivity index (χ4v) is 2.63. The molecule has 1 atom stereocenters. The highest BCUT2D eigenvalue weighted by Gasteiger charge is 2.06. The summed E-state index contributed by atoms with van der Waals surface area (Å²) in [5, 5.41) is 3.65. The molecule has 1 rings (SSSR count). The first-order chi connectivity index (χ1) is 8.36. The van der Waals surface area contributed by atoms with Gasteiger partial charge in [-0.1, -0.05) is 44.8 Å². The van der Waals surface area contributed by atoms with E-state index in [9.17, 15) is 0 Å². The van der Waals surface area contributed by atoms with Crippen LogP contribution in [0.25, 0.3) is 0 Å². The summed E-state index contributed by atoms with van der Waals surface area (Å²) >= 11 is 0. The van der Waals surface area contributed by atoms with Gasteiger partial charge in [0, 0.05) is 0 Å². The molecule has 0 radical (unpaired) electrons. The molecule has 0 aromatic rings. The predicted octanol–water partition coefficient (Wildman–Crippen LogP) is 4.68. The summed E-state index contributed by atoms with van der Waals surface area (Å²) in [7, 11) is 0.